The van der Waals surface area contributed by atoms with E-state index in [2.05, 4.69) is 5.32 Å². The summed E-state index contributed by atoms with van der Waals surface area (Å²) in [6.45, 7) is -0.222. The van der Waals surface area contributed by atoms with E-state index in [4.69, 9.17) is 10.5 Å². The third kappa shape index (κ3) is 4.73. The second kappa shape index (κ2) is 8.67. The van der Waals surface area contributed by atoms with Gasteiger partial charge in [-0.1, -0.05) is 72.8 Å². The first-order valence-electron chi connectivity index (χ1n) is 8.56. The van der Waals surface area contributed by atoms with Crippen molar-refractivity contribution in [3.8, 4) is 5.75 Å². The molecular formula is C22H20N2O3. The average Bonchev–Trinajstić information content (AvgIpc) is 2.72. The van der Waals surface area contributed by atoms with Crippen molar-refractivity contribution >= 4 is 11.8 Å². The molecule has 0 atom stereocenters. The van der Waals surface area contributed by atoms with Gasteiger partial charge in [0.1, 0.15) is 5.75 Å². The maximum atomic E-state index is 12.5. The average molecular weight is 360 g/mol. The molecule has 3 aromatic carbocycles. The molecule has 0 fully saturated rings. The number of amides is 2. The summed E-state index contributed by atoms with van der Waals surface area (Å²) >= 11 is 0. The van der Waals surface area contributed by atoms with E-state index in [1.54, 1.807) is 24.3 Å². The Morgan fingerprint density at radius 2 is 1.33 bits per heavy atom. The predicted octanol–water partition coefficient (Wildman–Crippen LogP) is 3.07. The Labute approximate surface area is 157 Å². The minimum Gasteiger partial charge on any atom is -0.483 e. The van der Waals surface area contributed by atoms with Crippen LogP contribution in [0.15, 0.2) is 84.9 Å². The minimum atomic E-state index is -0.600. The highest BCUT2D eigenvalue weighted by molar-refractivity contribution is 5.95. The van der Waals surface area contributed by atoms with Crippen LogP contribution in [0.1, 0.15) is 27.5 Å². The van der Waals surface area contributed by atoms with Gasteiger partial charge in [0.2, 0.25) is 0 Å². The van der Waals surface area contributed by atoms with Gasteiger partial charge in [-0.15, -0.1) is 0 Å². The van der Waals surface area contributed by atoms with Crippen LogP contribution < -0.4 is 15.8 Å². The lowest BCUT2D eigenvalue weighted by atomic mass is 9.99. The molecular weight excluding hydrogens is 340 g/mol. The Hall–Kier alpha value is -3.60. The van der Waals surface area contributed by atoms with Crippen molar-refractivity contribution in [2.75, 3.05) is 6.61 Å². The Morgan fingerprint density at radius 3 is 1.89 bits per heavy atom. The van der Waals surface area contributed by atoms with Crippen LogP contribution >= 0.6 is 0 Å². The highest BCUT2D eigenvalue weighted by Crippen LogP contribution is 2.22. The van der Waals surface area contributed by atoms with E-state index in [0.717, 1.165) is 11.1 Å². The molecule has 0 heterocycles. The van der Waals surface area contributed by atoms with Crippen LogP contribution in [-0.2, 0) is 4.79 Å². The molecule has 5 heteroatoms. The fraction of sp³-hybridized carbons (Fsp3) is 0.0909. The second-order valence-electron chi connectivity index (χ2n) is 5.97. The number of hydrogen-bond acceptors (Lipinski definition) is 3. The zero-order valence-electron chi connectivity index (χ0n) is 14.7. The van der Waals surface area contributed by atoms with Crippen molar-refractivity contribution in [3.05, 3.63) is 102 Å². The number of benzene rings is 3. The first-order valence-corrected chi connectivity index (χ1v) is 8.56. The molecule has 3 N–H and O–H groups in total. The Kier molecular flexibility index (Phi) is 5.84. The first-order chi connectivity index (χ1) is 13.1. The fourth-order valence-electron chi connectivity index (χ4n) is 2.79. The van der Waals surface area contributed by atoms with Gasteiger partial charge in [-0.05, 0) is 23.3 Å². The predicted molar refractivity (Wildman–Crippen MR) is 103 cm³/mol. The van der Waals surface area contributed by atoms with E-state index in [-0.39, 0.29) is 29.9 Å². The third-order valence-corrected chi connectivity index (χ3v) is 4.08. The van der Waals surface area contributed by atoms with Gasteiger partial charge in [0.25, 0.3) is 11.8 Å². The molecule has 0 aliphatic carbocycles. The summed E-state index contributed by atoms with van der Waals surface area (Å²) in [5, 5.41) is 2.99. The summed E-state index contributed by atoms with van der Waals surface area (Å²) in [5.74, 6) is -0.611. The van der Waals surface area contributed by atoms with Crippen LogP contribution in [-0.4, -0.2) is 18.4 Å². The molecule has 0 unspecified atom stereocenters. The highest BCUT2D eigenvalue weighted by atomic mass is 16.5. The summed E-state index contributed by atoms with van der Waals surface area (Å²) in [6, 6.07) is 25.7. The number of hydrogen-bond donors (Lipinski definition) is 2. The van der Waals surface area contributed by atoms with Crippen LogP contribution in [0.2, 0.25) is 0 Å². The summed E-state index contributed by atoms with van der Waals surface area (Å²) in [5.41, 5.74) is 7.51. The second-order valence-corrected chi connectivity index (χ2v) is 5.97. The molecule has 0 spiro atoms. The number of primary amides is 1. The quantitative estimate of drug-likeness (QED) is 0.679. The van der Waals surface area contributed by atoms with Crippen molar-refractivity contribution < 1.29 is 14.3 Å². The van der Waals surface area contributed by atoms with Gasteiger partial charge >= 0.3 is 0 Å². The molecule has 27 heavy (non-hydrogen) atoms. The van der Waals surface area contributed by atoms with Crippen molar-refractivity contribution in [2.24, 2.45) is 5.73 Å². The van der Waals surface area contributed by atoms with Crippen LogP contribution in [0.4, 0.5) is 0 Å². The lowest BCUT2D eigenvalue weighted by molar-refractivity contribution is -0.123. The van der Waals surface area contributed by atoms with E-state index in [1.165, 1.54) is 0 Å². The maximum absolute atomic E-state index is 12.5. The van der Waals surface area contributed by atoms with E-state index >= 15 is 0 Å². The Morgan fingerprint density at radius 1 is 0.815 bits per heavy atom. The van der Waals surface area contributed by atoms with Gasteiger partial charge < -0.3 is 15.8 Å². The third-order valence-electron chi connectivity index (χ3n) is 4.08. The van der Waals surface area contributed by atoms with Crippen molar-refractivity contribution in [1.82, 2.24) is 5.32 Å². The molecule has 136 valence electrons. The topological polar surface area (TPSA) is 81.4 Å². The minimum absolute atomic E-state index is 0.222. The van der Waals surface area contributed by atoms with Crippen molar-refractivity contribution in [3.63, 3.8) is 0 Å². The van der Waals surface area contributed by atoms with Gasteiger partial charge in [-0.2, -0.15) is 0 Å². The van der Waals surface area contributed by atoms with Crippen LogP contribution in [0.3, 0.4) is 0 Å². The molecule has 3 rings (SSSR count). The maximum Gasteiger partial charge on any atom is 0.258 e. The van der Waals surface area contributed by atoms with Gasteiger partial charge in [-0.25, -0.2) is 0 Å². The molecule has 3 aromatic rings. The van der Waals surface area contributed by atoms with Crippen molar-refractivity contribution in [2.45, 2.75) is 6.04 Å². The first kappa shape index (κ1) is 18.2. The lowest BCUT2D eigenvalue weighted by Crippen LogP contribution is -2.33. The number of nitrogens with two attached hydrogens (primary N) is 1. The summed E-state index contributed by atoms with van der Waals surface area (Å²) < 4.78 is 5.52. The molecule has 5 nitrogen and oxygen atoms in total. The highest BCUT2D eigenvalue weighted by Gasteiger charge is 2.17. The SMILES string of the molecule is NC(=O)c1ccccc1OCC(=O)NC(c1ccccc1)c1ccccc1. The standard InChI is InChI=1S/C22H20N2O3/c23-22(26)18-13-7-8-14-19(18)27-15-20(25)24-21(16-9-3-1-4-10-16)17-11-5-2-6-12-17/h1-14,21H,15H2,(H2,23,26)(H,24,25). The number of para-hydroxylation sites is 1. The van der Waals surface area contributed by atoms with E-state index in [1.807, 2.05) is 60.7 Å². The van der Waals surface area contributed by atoms with Crippen LogP contribution in [0, 0.1) is 0 Å². The number of ether oxygens (including phenoxy) is 1. The molecule has 0 radical (unpaired) electrons. The molecule has 0 saturated heterocycles. The number of nitrogens with one attached hydrogen (secondary N) is 1. The molecule has 0 aromatic heterocycles. The van der Waals surface area contributed by atoms with E-state index in [9.17, 15) is 9.59 Å². The normalized spacial score (nSPS) is 10.4. The van der Waals surface area contributed by atoms with Gasteiger partial charge in [-0.3, -0.25) is 9.59 Å². The number of carbonyl (C=O) groups is 2. The zero-order chi connectivity index (χ0) is 19.1. The van der Waals surface area contributed by atoms with Gasteiger partial charge in [0, 0.05) is 0 Å². The molecule has 0 aliphatic rings. The van der Waals surface area contributed by atoms with E-state index < -0.39 is 5.91 Å². The summed E-state index contributed by atoms with van der Waals surface area (Å²) in [4.78, 5) is 24.0. The van der Waals surface area contributed by atoms with Crippen LogP contribution in [0.25, 0.3) is 0 Å². The molecule has 0 aliphatic heterocycles. The number of carbonyl (C=O) groups excluding carboxylic acids is 2. The molecule has 0 saturated carbocycles. The summed E-state index contributed by atoms with van der Waals surface area (Å²) in [6.07, 6.45) is 0. The van der Waals surface area contributed by atoms with Gasteiger partial charge in [0.15, 0.2) is 6.61 Å². The lowest BCUT2D eigenvalue weighted by Gasteiger charge is -2.20. The zero-order valence-corrected chi connectivity index (χ0v) is 14.7. The molecule has 0 bridgehead atoms. The van der Waals surface area contributed by atoms with Gasteiger partial charge in [0.05, 0.1) is 11.6 Å². The fourth-order valence-corrected chi connectivity index (χ4v) is 2.79. The molecule has 2 amide bonds. The largest absolute Gasteiger partial charge is 0.483 e. The smallest absolute Gasteiger partial charge is 0.258 e. The van der Waals surface area contributed by atoms with E-state index in [0.29, 0.717) is 0 Å². The van der Waals surface area contributed by atoms with Crippen LogP contribution in [0.5, 0.6) is 5.75 Å². The summed E-state index contributed by atoms with van der Waals surface area (Å²) in [7, 11) is 0. The van der Waals surface area contributed by atoms with Crippen molar-refractivity contribution in [1.29, 1.82) is 0 Å². The Bertz CT molecular complexity index is 872. The number of rotatable bonds is 7. The monoisotopic (exact) mass is 360 g/mol. The Balaban J connectivity index is 1.73.